The molecule has 0 bridgehead atoms. The van der Waals surface area contributed by atoms with Crippen molar-refractivity contribution in [2.75, 3.05) is 13.1 Å². The molecule has 0 fully saturated rings. The molecule has 0 radical (unpaired) electrons. The fourth-order valence-electron chi connectivity index (χ4n) is 3.20. The first kappa shape index (κ1) is 38.9. The molecular weight excluding hydrogens is 497 g/mol. The number of carbonyl (C=O) groups is 2. The third-order valence-electron chi connectivity index (χ3n) is 5.09. The van der Waals surface area contributed by atoms with Crippen molar-refractivity contribution in [3.63, 3.8) is 0 Å². The van der Waals surface area contributed by atoms with Crippen LogP contribution in [0.3, 0.4) is 0 Å². The van der Waals surface area contributed by atoms with Gasteiger partial charge in [-0.1, -0.05) is 110 Å². The molecule has 4 N–H and O–H groups in total. The van der Waals surface area contributed by atoms with Crippen LogP contribution in [0.25, 0.3) is 11.5 Å². The second-order valence-corrected chi connectivity index (χ2v) is 8.50. The van der Waals surface area contributed by atoms with Gasteiger partial charge in [0.25, 0.3) is 0 Å². The second-order valence-electron chi connectivity index (χ2n) is 8.50. The maximum absolute atomic E-state index is 10.3. The number of carboxylic acids is 2. The van der Waals surface area contributed by atoms with E-state index in [2.05, 4.69) is 18.8 Å². The van der Waals surface area contributed by atoms with Crippen LogP contribution < -0.4 is 0 Å². The van der Waals surface area contributed by atoms with E-state index in [0.29, 0.717) is 24.5 Å². The first-order chi connectivity index (χ1) is 17.4. The molecular formula is C27H49N3O5V. The van der Waals surface area contributed by atoms with Crippen molar-refractivity contribution in [2.24, 2.45) is 0 Å². The Morgan fingerprint density at radius 2 is 0.972 bits per heavy atom. The van der Waals surface area contributed by atoms with Crippen molar-refractivity contribution in [2.45, 2.75) is 117 Å². The molecule has 207 valence electrons. The number of hydrogen-bond acceptors (Lipinski definition) is 4. The average molecular weight is 547 g/mol. The van der Waals surface area contributed by atoms with Crippen LogP contribution in [0.2, 0.25) is 0 Å². The predicted molar refractivity (Wildman–Crippen MR) is 142 cm³/mol. The zero-order chi connectivity index (χ0) is 27.9. The second kappa shape index (κ2) is 33.4. The first-order valence-corrected chi connectivity index (χ1v) is 13.8. The Hall–Kier alpha value is -1.61. The van der Waals surface area contributed by atoms with Gasteiger partial charge < -0.3 is 21.7 Å². The van der Waals surface area contributed by atoms with E-state index >= 15 is 0 Å². The fourth-order valence-corrected chi connectivity index (χ4v) is 3.20. The van der Waals surface area contributed by atoms with Gasteiger partial charge in [-0.2, -0.15) is 13.1 Å². The Balaban J connectivity index is -0.000000448. The predicted octanol–water partition coefficient (Wildman–Crippen LogP) is 7.79. The van der Waals surface area contributed by atoms with Crippen molar-refractivity contribution in [3.8, 4) is 0 Å². The summed E-state index contributed by atoms with van der Waals surface area (Å²) in [5.41, 5.74) is 14.6. The number of aliphatic carboxylic acids is 2. The summed E-state index contributed by atoms with van der Waals surface area (Å²) in [5, 5.41) is 17.0. The Kier molecular flexibility index (Phi) is 36.1. The van der Waals surface area contributed by atoms with Crippen LogP contribution in [-0.2, 0) is 43.5 Å². The van der Waals surface area contributed by atoms with E-state index in [1.165, 1.54) is 77.0 Å². The molecule has 1 rings (SSSR count). The number of unbranched alkanes of at least 4 members (excludes halogenated alkanes) is 12. The third kappa shape index (κ3) is 34.6. The number of rotatable bonds is 18. The van der Waals surface area contributed by atoms with Gasteiger partial charge in [0.05, 0.1) is 24.2 Å². The number of hydrogen-bond donors (Lipinski definition) is 2. The molecule has 0 aromatic carbocycles. The molecule has 0 spiro atoms. The minimum absolute atomic E-state index is 0.187. The standard InChI is InChI=1S/C9H9NO4.2C9H20N.O.V/c11-8(12)4-6-2-1-3-7(10-6)5-9(13)14;2*1-2-3-4-5-6-7-8-9-10;;/h1-3H,4-5H2,(H,11,12)(H,13,14);2*10H,2-9H2,1H3;;/q;2*-1;;+2. The summed E-state index contributed by atoms with van der Waals surface area (Å²) in [4.78, 5) is 24.6. The van der Waals surface area contributed by atoms with E-state index in [1.54, 1.807) is 18.2 Å². The maximum atomic E-state index is 10.3. The SMILES string of the molecule is CCCCCCCCC[NH-].CCCCCCCCC[NH-].O=C(O)Cc1cccc(CC(=O)O)n1.[O]=[V+2]. The van der Waals surface area contributed by atoms with Crippen LogP contribution in [0.4, 0.5) is 0 Å². The number of nitrogens with one attached hydrogen (secondary N) is 2. The van der Waals surface area contributed by atoms with E-state index in [4.69, 9.17) is 25.4 Å². The van der Waals surface area contributed by atoms with E-state index in [9.17, 15) is 9.59 Å². The number of carboxylic acid groups (broad SMARTS) is 2. The van der Waals surface area contributed by atoms with Gasteiger partial charge in [0.2, 0.25) is 0 Å². The van der Waals surface area contributed by atoms with Crippen LogP contribution >= 0.6 is 0 Å². The molecule has 0 saturated heterocycles. The summed E-state index contributed by atoms with van der Waals surface area (Å²) in [6, 6.07) is 4.71. The van der Waals surface area contributed by atoms with E-state index in [-0.39, 0.29) is 12.8 Å². The van der Waals surface area contributed by atoms with Gasteiger partial charge in [0.1, 0.15) is 0 Å². The minimum atomic E-state index is -0.982. The van der Waals surface area contributed by atoms with Crippen LogP contribution in [0.15, 0.2) is 18.2 Å². The molecule has 0 unspecified atom stereocenters. The first-order valence-electron chi connectivity index (χ1n) is 13.3. The Bertz CT molecular complexity index is 558. The zero-order valence-electron chi connectivity index (χ0n) is 22.5. The molecule has 0 aliphatic carbocycles. The fraction of sp³-hybridized carbons (Fsp3) is 0.741. The van der Waals surface area contributed by atoms with Gasteiger partial charge in [0.15, 0.2) is 0 Å². The van der Waals surface area contributed by atoms with Gasteiger partial charge in [-0.05, 0) is 12.1 Å². The Labute approximate surface area is 228 Å². The van der Waals surface area contributed by atoms with Crippen LogP contribution in [0.5, 0.6) is 0 Å². The van der Waals surface area contributed by atoms with Crippen molar-refractivity contribution in [3.05, 3.63) is 41.1 Å². The molecule has 0 aliphatic heterocycles. The number of pyridine rings is 1. The molecule has 8 nitrogen and oxygen atoms in total. The van der Waals surface area contributed by atoms with E-state index < -0.39 is 11.9 Å². The topological polar surface area (TPSA) is 152 Å². The van der Waals surface area contributed by atoms with Gasteiger partial charge in [-0.25, -0.2) is 0 Å². The zero-order valence-corrected chi connectivity index (χ0v) is 23.9. The van der Waals surface area contributed by atoms with E-state index in [1.807, 2.05) is 0 Å². The normalized spacial score (nSPS) is 9.61. The van der Waals surface area contributed by atoms with Crippen LogP contribution in [0, 0.1) is 0 Å². The Morgan fingerprint density at radius 3 is 1.25 bits per heavy atom. The van der Waals surface area contributed by atoms with Crippen molar-refractivity contribution < 1.29 is 40.8 Å². The number of aromatic nitrogens is 1. The summed E-state index contributed by atoms with van der Waals surface area (Å²) in [6.07, 6.45) is 18.1. The summed E-state index contributed by atoms with van der Waals surface area (Å²) < 4.78 is 8.19. The molecule has 36 heavy (non-hydrogen) atoms. The van der Waals surface area contributed by atoms with Gasteiger partial charge in [-0.15, -0.1) is 0 Å². The molecule has 0 atom stereocenters. The average Bonchev–Trinajstić information content (AvgIpc) is 2.85. The molecule has 0 saturated carbocycles. The summed E-state index contributed by atoms with van der Waals surface area (Å²) >= 11 is 1.06. The summed E-state index contributed by atoms with van der Waals surface area (Å²) in [7, 11) is 0. The monoisotopic (exact) mass is 546 g/mol. The number of nitrogens with zero attached hydrogens (tertiary/aromatic N) is 1. The molecule has 1 aromatic heterocycles. The van der Waals surface area contributed by atoms with Crippen LogP contribution in [-0.4, -0.2) is 40.2 Å². The van der Waals surface area contributed by atoms with Gasteiger partial charge in [0, 0.05) is 0 Å². The molecule has 1 heterocycles. The molecule has 0 aliphatic rings. The van der Waals surface area contributed by atoms with Crippen molar-refractivity contribution in [1.82, 2.24) is 4.98 Å². The summed E-state index contributed by atoms with van der Waals surface area (Å²) in [5.74, 6) is -1.96. The quantitative estimate of drug-likeness (QED) is 0.179. The van der Waals surface area contributed by atoms with Crippen molar-refractivity contribution in [1.29, 1.82) is 0 Å². The third-order valence-corrected chi connectivity index (χ3v) is 5.09. The molecule has 1 aromatic rings. The van der Waals surface area contributed by atoms with E-state index in [0.717, 1.165) is 30.2 Å². The molecule has 9 heteroatoms. The van der Waals surface area contributed by atoms with Crippen LogP contribution in [0.1, 0.15) is 115 Å². The van der Waals surface area contributed by atoms with Gasteiger partial charge >= 0.3 is 33.0 Å². The van der Waals surface area contributed by atoms with Gasteiger partial charge in [-0.3, -0.25) is 14.6 Å². The Morgan fingerprint density at radius 1 is 0.667 bits per heavy atom. The molecule has 0 amide bonds. The summed E-state index contributed by atoms with van der Waals surface area (Å²) in [6.45, 7) is 5.72. The van der Waals surface area contributed by atoms with Crippen molar-refractivity contribution >= 4 is 11.9 Å².